The zero-order valence-electron chi connectivity index (χ0n) is 33.0. The second-order valence-electron chi connectivity index (χ2n) is 15.3. The van der Waals surface area contributed by atoms with Gasteiger partial charge in [0.2, 0.25) is 0 Å². The minimum absolute atomic E-state index is 0. The molecule has 5 aromatic carbocycles. The molecule has 0 bridgehead atoms. The van der Waals surface area contributed by atoms with Crippen LogP contribution < -0.4 is 5.19 Å². The SMILES string of the molecule is CC(C)(c1ccccc1)c1ccnc(-c2[c-]ccc3c2oc2ccccc23)c1.[2H]C(C)(C)c1cc(-c2[c-]ccc(-c3ccccc3)c2)ncc1[Si](C)(C)C.[Ir]. The Labute approximate surface area is 336 Å². The van der Waals surface area contributed by atoms with Crippen LogP contribution in [-0.2, 0) is 25.5 Å². The van der Waals surface area contributed by atoms with Crippen LogP contribution in [0.3, 0.4) is 0 Å². The fourth-order valence-electron chi connectivity index (χ4n) is 6.90. The number of hydrogen-bond acceptors (Lipinski definition) is 3. The first-order chi connectivity index (χ1) is 25.8. The molecular weight excluding hydrogens is 853 g/mol. The summed E-state index contributed by atoms with van der Waals surface area (Å²) in [7, 11) is -1.57. The molecule has 8 rings (SSSR count). The Morgan fingerprint density at radius 3 is 2.09 bits per heavy atom. The predicted octanol–water partition coefficient (Wildman–Crippen LogP) is 12.7. The molecule has 0 atom stereocenters. The Balaban J connectivity index is 0.000000184. The van der Waals surface area contributed by atoms with Crippen LogP contribution in [0.4, 0.5) is 0 Å². The van der Waals surface area contributed by atoms with Crippen LogP contribution in [0.5, 0.6) is 0 Å². The van der Waals surface area contributed by atoms with Gasteiger partial charge < -0.3 is 14.4 Å². The summed E-state index contributed by atoms with van der Waals surface area (Å²) in [5, 5.41) is 3.48. The molecule has 54 heavy (non-hydrogen) atoms. The van der Waals surface area contributed by atoms with E-state index in [2.05, 4.69) is 136 Å². The number of para-hydroxylation sites is 1. The van der Waals surface area contributed by atoms with Gasteiger partial charge in [0.15, 0.2) is 0 Å². The van der Waals surface area contributed by atoms with Crippen LogP contribution in [0.25, 0.3) is 55.6 Å². The summed E-state index contributed by atoms with van der Waals surface area (Å²) in [5.74, 6) is -0.648. The number of rotatable bonds is 7. The molecule has 0 amide bonds. The van der Waals surface area contributed by atoms with Gasteiger partial charge in [-0.2, -0.15) is 0 Å². The first-order valence-corrected chi connectivity index (χ1v) is 21.7. The molecule has 3 aromatic heterocycles. The third-order valence-corrected chi connectivity index (χ3v) is 12.0. The number of furan rings is 1. The van der Waals surface area contributed by atoms with Gasteiger partial charge in [-0.25, -0.2) is 0 Å². The van der Waals surface area contributed by atoms with Crippen LogP contribution in [0, 0.1) is 12.1 Å². The summed E-state index contributed by atoms with van der Waals surface area (Å²) in [6.45, 7) is 15.3. The summed E-state index contributed by atoms with van der Waals surface area (Å²) < 4.78 is 14.8. The molecule has 5 heteroatoms. The molecule has 0 aliphatic heterocycles. The molecule has 0 unspecified atom stereocenters. The first kappa shape index (κ1) is 37.4. The van der Waals surface area contributed by atoms with Crippen LogP contribution in [0.15, 0.2) is 150 Å². The summed E-state index contributed by atoms with van der Waals surface area (Å²) in [6, 6.07) is 52.2. The van der Waals surface area contributed by atoms with Gasteiger partial charge in [-0.15, -0.1) is 53.6 Å². The monoisotopic (exact) mass is 900 g/mol. The second-order valence-corrected chi connectivity index (χ2v) is 20.4. The van der Waals surface area contributed by atoms with E-state index in [-0.39, 0.29) is 25.5 Å². The Kier molecular flexibility index (Phi) is 11.2. The third-order valence-electron chi connectivity index (χ3n) is 10.0. The molecule has 0 N–H and O–H groups in total. The molecule has 1 radical (unpaired) electrons. The minimum Gasteiger partial charge on any atom is -0.501 e. The smallest absolute Gasteiger partial charge is 0.120 e. The van der Waals surface area contributed by atoms with E-state index >= 15 is 0 Å². The molecule has 273 valence electrons. The van der Waals surface area contributed by atoms with E-state index in [1.165, 1.54) is 21.9 Å². The van der Waals surface area contributed by atoms with Crippen molar-refractivity contribution in [1.29, 1.82) is 0 Å². The molecule has 0 fully saturated rings. The summed E-state index contributed by atoms with van der Waals surface area (Å²) >= 11 is 0. The molecular formula is C49H46IrN2OSi-2. The zero-order valence-corrected chi connectivity index (χ0v) is 35.4. The Bertz CT molecular complexity index is 2550. The fourth-order valence-corrected chi connectivity index (χ4v) is 8.48. The van der Waals surface area contributed by atoms with Gasteiger partial charge in [-0.1, -0.05) is 155 Å². The maximum Gasteiger partial charge on any atom is 0.120 e. The Hall–Kier alpha value is -4.93. The molecule has 3 heterocycles. The van der Waals surface area contributed by atoms with Crippen LogP contribution in [-0.4, -0.2) is 18.0 Å². The standard InChI is InChI=1S/C26H20NO.C23H26NSi.Ir/c1-26(2,18-9-4-3-5-10-18)19-15-16-27-23(17-19)22-13-8-12-21-20-11-6-7-14-24(20)28-25(21)22;1-17(2)21-15-22(24-16-23(21)25(3,4)5)20-13-9-12-19(14-20)18-10-7-6-8-11-18;/h3-12,14-17H,1-2H3;6-12,14-17H,1-5H3;/q2*-1;/i;17D;. The number of aromatic nitrogens is 2. The molecule has 8 aromatic rings. The van der Waals surface area contributed by atoms with E-state index < -0.39 is 14.0 Å². The number of fused-ring (bicyclic) bond motifs is 3. The quantitative estimate of drug-likeness (QED) is 0.118. The van der Waals surface area contributed by atoms with Gasteiger partial charge >= 0.3 is 0 Å². The topological polar surface area (TPSA) is 38.9 Å². The predicted molar refractivity (Wildman–Crippen MR) is 225 cm³/mol. The second kappa shape index (κ2) is 16.2. The van der Waals surface area contributed by atoms with E-state index in [0.29, 0.717) is 0 Å². The van der Waals surface area contributed by atoms with Crippen molar-refractivity contribution >= 4 is 35.2 Å². The van der Waals surface area contributed by atoms with Crippen molar-refractivity contribution in [1.82, 2.24) is 9.97 Å². The first-order valence-electron chi connectivity index (χ1n) is 18.7. The number of hydrogen-bond donors (Lipinski definition) is 0. The normalized spacial score (nSPS) is 12.1. The van der Waals surface area contributed by atoms with Crippen molar-refractivity contribution in [2.75, 3.05) is 0 Å². The van der Waals surface area contributed by atoms with Crippen molar-refractivity contribution in [3.05, 3.63) is 175 Å². The summed E-state index contributed by atoms with van der Waals surface area (Å²) in [5.41, 5.74) is 11.2. The summed E-state index contributed by atoms with van der Waals surface area (Å²) in [6.07, 6.45) is 3.88. The van der Waals surface area contributed by atoms with Crippen molar-refractivity contribution < 1.29 is 25.9 Å². The zero-order chi connectivity index (χ0) is 38.1. The largest absolute Gasteiger partial charge is 0.501 e. The number of pyridine rings is 2. The molecule has 0 saturated carbocycles. The van der Waals surface area contributed by atoms with E-state index in [0.717, 1.165) is 55.6 Å². The van der Waals surface area contributed by atoms with Crippen molar-refractivity contribution in [2.45, 2.75) is 58.6 Å². The van der Waals surface area contributed by atoms with E-state index in [1.807, 2.05) is 74.8 Å². The van der Waals surface area contributed by atoms with E-state index in [4.69, 9.17) is 10.8 Å². The molecule has 0 saturated heterocycles. The fraction of sp³-hybridized carbons (Fsp3) is 0.184. The van der Waals surface area contributed by atoms with Gasteiger partial charge in [0.1, 0.15) is 5.58 Å². The van der Waals surface area contributed by atoms with Gasteiger partial charge in [-0.3, -0.25) is 0 Å². The maximum absolute atomic E-state index is 8.61. The number of nitrogens with zero attached hydrogens (tertiary/aromatic N) is 2. The Morgan fingerprint density at radius 1 is 0.685 bits per heavy atom. The average Bonchev–Trinajstić information content (AvgIpc) is 3.57. The van der Waals surface area contributed by atoms with Gasteiger partial charge in [0.05, 0.1) is 13.7 Å². The van der Waals surface area contributed by atoms with Crippen molar-refractivity contribution in [2.24, 2.45) is 0 Å². The minimum atomic E-state index is -1.57. The Morgan fingerprint density at radius 2 is 1.37 bits per heavy atom. The van der Waals surface area contributed by atoms with Gasteiger partial charge in [0, 0.05) is 44.7 Å². The molecule has 0 spiro atoms. The molecule has 0 aliphatic carbocycles. The van der Waals surface area contributed by atoms with Crippen LogP contribution in [0.2, 0.25) is 19.6 Å². The van der Waals surface area contributed by atoms with Crippen LogP contribution in [0.1, 0.15) is 51.7 Å². The van der Waals surface area contributed by atoms with Crippen molar-refractivity contribution in [3.8, 4) is 33.6 Å². The average molecular weight is 900 g/mol. The maximum atomic E-state index is 8.61. The molecule has 0 aliphatic rings. The number of benzene rings is 5. The van der Waals surface area contributed by atoms with Crippen molar-refractivity contribution in [3.63, 3.8) is 0 Å². The molecule has 3 nitrogen and oxygen atoms in total. The van der Waals surface area contributed by atoms with E-state index in [9.17, 15) is 0 Å². The summed E-state index contributed by atoms with van der Waals surface area (Å²) in [4.78, 5) is 9.39. The third kappa shape index (κ3) is 8.10. The van der Waals surface area contributed by atoms with Crippen LogP contribution >= 0.6 is 0 Å². The van der Waals surface area contributed by atoms with Gasteiger partial charge in [-0.05, 0) is 51.3 Å². The van der Waals surface area contributed by atoms with E-state index in [1.54, 1.807) is 0 Å². The van der Waals surface area contributed by atoms with Gasteiger partial charge in [0.25, 0.3) is 0 Å².